The third kappa shape index (κ3) is 4.50. The van der Waals surface area contributed by atoms with Crippen LogP contribution in [0.4, 0.5) is 5.69 Å². The van der Waals surface area contributed by atoms with Crippen LogP contribution in [0.5, 0.6) is 5.75 Å². The van der Waals surface area contributed by atoms with Crippen molar-refractivity contribution >= 4 is 23.2 Å². The summed E-state index contributed by atoms with van der Waals surface area (Å²) in [6, 6.07) is 14.7. The molecule has 0 spiro atoms. The van der Waals surface area contributed by atoms with E-state index in [4.69, 9.17) is 16.3 Å². The highest BCUT2D eigenvalue weighted by atomic mass is 35.5. The van der Waals surface area contributed by atoms with Gasteiger partial charge in [-0.1, -0.05) is 42.3 Å². The van der Waals surface area contributed by atoms with Crippen LogP contribution in [-0.2, 0) is 4.79 Å². The van der Waals surface area contributed by atoms with Gasteiger partial charge in [-0.15, -0.1) is 0 Å². The molecule has 1 N–H and O–H groups in total. The van der Waals surface area contributed by atoms with Gasteiger partial charge in [0, 0.05) is 10.7 Å². The summed E-state index contributed by atoms with van der Waals surface area (Å²) >= 11 is 5.92. The number of carbonyl (C=O) groups is 1. The molecule has 2 aromatic rings. The van der Waals surface area contributed by atoms with Crippen molar-refractivity contribution in [2.24, 2.45) is 0 Å². The zero-order valence-electron chi connectivity index (χ0n) is 12.1. The summed E-state index contributed by atoms with van der Waals surface area (Å²) in [5, 5.41) is 3.44. The number of ether oxygens (including phenoxy) is 1. The van der Waals surface area contributed by atoms with E-state index < -0.39 is 6.10 Å². The lowest BCUT2D eigenvalue weighted by Crippen LogP contribution is -2.32. The van der Waals surface area contributed by atoms with Crippen LogP contribution in [-0.4, -0.2) is 12.0 Å². The van der Waals surface area contributed by atoms with Gasteiger partial charge in [-0.25, -0.2) is 0 Å². The first-order chi connectivity index (χ1) is 10.1. The smallest absolute Gasteiger partial charge is 0.265 e. The molecule has 0 heterocycles. The van der Waals surface area contributed by atoms with Crippen LogP contribution < -0.4 is 10.1 Å². The molecule has 1 amide bonds. The Morgan fingerprint density at radius 1 is 1.24 bits per heavy atom. The number of benzene rings is 2. The molecule has 0 radical (unpaired) electrons. The lowest BCUT2D eigenvalue weighted by molar-refractivity contribution is -0.122. The summed E-state index contributed by atoms with van der Waals surface area (Å²) in [6.45, 7) is 3.91. The molecule has 0 unspecified atom stereocenters. The first-order valence-electron chi connectivity index (χ1n) is 6.88. The van der Waals surface area contributed by atoms with Gasteiger partial charge in [0.1, 0.15) is 5.75 Å². The second-order valence-electron chi connectivity index (χ2n) is 4.83. The van der Waals surface area contributed by atoms with Crippen LogP contribution in [0.3, 0.4) is 0 Å². The molecule has 0 saturated heterocycles. The van der Waals surface area contributed by atoms with Crippen molar-refractivity contribution in [3.8, 4) is 5.75 Å². The summed E-state index contributed by atoms with van der Waals surface area (Å²) in [6.07, 6.45) is 0.0225. The average Bonchev–Trinajstić information content (AvgIpc) is 2.47. The monoisotopic (exact) mass is 303 g/mol. The van der Waals surface area contributed by atoms with Gasteiger partial charge in [0.05, 0.1) is 0 Å². The molecular weight excluding hydrogens is 286 g/mol. The fraction of sp³-hybridized carbons (Fsp3) is 0.235. The van der Waals surface area contributed by atoms with Gasteiger partial charge in [0.15, 0.2) is 6.10 Å². The molecule has 0 aliphatic carbocycles. The molecule has 0 aliphatic heterocycles. The molecule has 0 aliphatic rings. The van der Waals surface area contributed by atoms with Gasteiger partial charge >= 0.3 is 0 Å². The van der Waals surface area contributed by atoms with Gasteiger partial charge < -0.3 is 10.1 Å². The first kappa shape index (κ1) is 15.4. The standard InChI is InChI=1S/C17H18ClNO2/c1-3-16(21-15-6-4-5-13(18)11-15)17(20)19-14-9-7-12(2)8-10-14/h4-11,16H,3H2,1-2H3,(H,19,20)/t16-/m0/s1. The minimum absolute atomic E-state index is 0.165. The van der Waals surface area contributed by atoms with Crippen molar-refractivity contribution < 1.29 is 9.53 Å². The van der Waals surface area contributed by atoms with Gasteiger partial charge in [0.25, 0.3) is 5.91 Å². The van der Waals surface area contributed by atoms with E-state index in [-0.39, 0.29) is 5.91 Å². The number of hydrogen-bond acceptors (Lipinski definition) is 2. The number of carbonyl (C=O) groups excluding carboxylic acids is 1. The summed E-state index contributed by atoms with van der Waals surface area (Å²) in [7, 11) is 0. The molecule has 21 heavy (non-hydrogen) atoms. The Morgan fingerprint density at radius 3 is 2.57 bits per heavy atom. The average molecular weight is 304 g/mol. The molecule has 0 aromatic heterocycles. The third-order valence-electron chi connectivity index (χ3n) is 3.06. The van der Waals surface area contributed by atoms with Crippen LogP contribution in [0, 0.1) is 6.92 Å². The van der Waals surface area contributed by atoms with Crippen LogP contribution in [0.2, 0.25) is 5.02 Å². The van der Waals surface area contributed by atoms with Crippen molar-refractivity contribution in [3.05, 3.63) is 59.1 Å². The quantitative estimate of drug-likeness (QED) is 0.886. The number of anilines is 1. The van der Waals surface area contributed by atoms with Crippen LogP contribution in [0.1, 0.15) is 18.9 Å². The van der Waals surface area contributed by atoms with Crippen molar-refractivity contribution in [1.29, 1.82) is 0 Å². The second kappa shape index (κ2) is 7.14. The largest absolute Gasteiger partial charge is 0.481 e. The molecule has 4 heteroatoms. The highest BCUT2D eigenvalue weighted by Gasteiger charge is 2.18. The van der Waals surface area contributed by atoms with Gasteiger partial charge in [-0.05, 0) is 43.7 Å². The fourth-order valence-electron chi connectivity index (χ4n) is 1.89. The highest BCUT2D eigenvalue weighted by molar-refractivity contribution is 6.30. The van der Waals surface area contributed by atoms with Gasteiger partial charge in [-0.3, -0.25) is 4.79 Å². The summed E-state index contributed by atoms with van der Waals surface area (Å²) in [5.74, 6) is 0.426. The number of rotatable bonds is 5. The topological polar surface area (TPSA) is 38.3 Å². The normalized spacial score (nSPS) is 11.8. The molecule has 3 nitrogen and oxygen atoms in total. The van der Waals surface area contributed by atoms with E-state index >= 15 is 0 Å². The zero-order valence-corrected chi connectivity index (χ0v) is 12.9. The first-order valence-corrected chi connectivity index (χ1v) is 7.26. The van der Waals surface area contributed by atoms with E-state index in [0.717, 1.165) is 11.3 Å². The van der Waals surface area contributed by atoms with Crippen LogP contribution in [0.25, 0.3) is 0 Å². The minimum atomic E-state index is -0.551. The predicted molar refractivity (Wildman–Crippen MR) is 86.0 cm³/mol. The van der Waals surface area contributed by atoms with E-state index in [9.17, 15) is 4.79 Å². The molecule has 0 saturated carbocycles. The second-order valence-corrected chi connectivity index (χ2v) is 5.26. The van der Waals surface area contributed by atoms with Crippen molar-refractivity contribution in [3.63, 3.8) is 0 Å². The Bertz CT molecular complexity index is 610. The SMILES string of the molecule is CC[C@H](Oc1cccc(Cl)c1)C(=O)Nc1ccc(C)cc1. The Hall–Kier alpha value is -2.00. The summed E-state index contributed by atoms with van der Waals surface area (Å²) < 4.78 is 5.71. The molecular formula is C17H18ClNO2. The Balaban J connectivity index is 2.03. The molecule has 2 rings (SSSR count). The Labute approximate surface area is 129 Å². The van der Waals surface area contributed by atoms with E-state index in [0.29, 0.717) is 17.2 Å². The number of halogens is 1. The Morgan fingerprint density at radius 2 is 1.95 bits per heavy atom. The highest BCUT2D eigenvalue weighted by Crippen LogP contribution is 2.20. The summed E-state index contributed by atoms with van der Waals surface area (Å²) in [5.41, 5.74) is 1.91. The molecule has 0 fully saturated rings. The number of hydrogen-bond donors (Lipinski definition) is 1. The molecule has 0 bridgehead atoms. The predicted octanol–water partition coefficient (Wildman–Crippen LogP) is 4.44. The van der Waals surface area contributed by atoms with E-state index in [2.05, 4.69) is 5.32 Å². The zero-order chi connectivity index (χ0) is 15.2. The van der Waals surface area contributed by atoms with E-state index in [1.807, 2.05) is 38.1 Å². The van der Waals surface area contributed by atoms with E-state index in [1.54, 1.807) is 24.3 Å². The minimum Gasteiger partial charge on any atom is -0.481 e. The molecule has 1 atom stereocenters. The Kier molecular flexibility index (Phi) is 5.23. The van der Waals surface area contributed by atoms with Crippen molar-refractivity contribution in [2.45, 2.75) is 26.4 Å². The maximum absolute atomic E-state index is 12.2. The van der Waals surface area contributed by atoms with Gasteiger partial charge in [0.2, 0.25) is 0 Å². The summed E-state index contributed by atoms with van der Waals surface area (Å²) in [4.78, 5) is 12.2. The maximum atomic E-state index is 12.2. The lowest BCUT2D eigenvalue weighted by Gasteiger charge is -2.17. The number of amides is 1. The van der Waals surface area contributed by atoms with Crippen molar-refractivity contribution in [2.75, 3.05) is 5.32 Å². The lowest BCUT2D eigenvalue weighted by atomic mass is 10.2. The number of nitrogens with one attached hydrogen (secondary N) is 1. The molecule has 2 aromatic carbocycles. The van der Waals surface area contributed by atoms with Gasteiger partial charge in [-0.2, -0.15) is 0 Å². The third-order valence-corrected chi connectivity index (χ3v) is 3.29. The molecule has 110 valence electrons. The van der Waals surface area contributed by atoms with Crippen LogP contribution >= 0.6 is 11.6 Å². The number of aryl methyl sites for hydroxylation is 1. The van der Waals surface area contributed by atoms with Crippen LogP contribution in [0.15, 0.2) is 48.5 Å². The maximum Gasteiger partial charge on any atom is 0.265 e. The van der Waals surface area contributed by atoms with Crippen molar-refractivity contribution in [1.82, 2.24) is 0 Å². The van der Waals surface area contributed by atoms with E-state index in [1.165, 1.54) is 0 Å². The fourth-order valence-corrected chi connectivity index (χ4v) is 2.07.